The molecule has 0 bridgehead atoms. The molecule has 25 heavy (non-hydrogen) atoms. The van der Waals surface area contributed by atoms with Crippen molar-refractivity contribution in [1.82, 2.24) is 0 Å². The molecule has 0 aromatic heterocycles. The third-order valence-electron chi connectivity index (χ3n) is 4.82. The lowest BCUT2D eigenvalue weighted by Crippen LogP contribution is -2.42. The van der Waals surface area contributed by atoms with Gasteiger partial charge in [0.05, 0.1) is 13.2 Å². The Bertz CT molecular complexity index is 334. The highest BCUT2D eigenvalue weighted by Gasteiger charge is 2.40. The molecule has 1 saturated heterocycles. The van der Waals surface area contributed by atoms with E-state index < -0.39 is 24.4 Å². The van der Waals surface area contributed by atoms with E-state index >= 15 is 0 Å². The first-order chi connectivity index (χ1) is 12.2. The molecule has 0 radical (unpaired) electrons. The van der Waals surface area contributed by atoms with Gasteiger partial charge in [0.2, 0.25) is 0 Å². The quantitative estimate of drug-likeness (QED) is 0.310. The van der Waals surface area contributed by atoms with Crippen molar-refractivity contribution in [2.45, 2.75) is 95.5 Å². The summed E-state index contributed by atoms with van der Waals surface area (Å²) < 4.78 is 10.9. The number of hydrogen-bond donors (Lipinski definition) is 3. The van der Waals surface area contributed by atoms with Crippen molar-refractivity contribution in [2.75, 3.05) is 19.8 Å². The molecular formula is C20H38O5. The fraction of sp³-hybridized carbons (Fsp3) is 0.900. The predicted molar refractivity (Wildman–Crippen MR) is 99.6 cm³/mol. The zero-order valence-electron chi connectivity index (χ0n) is 15.8. The largest absolute Gasteiger partial charge is 0.394 e. The van der Waals surface area contributed by atoms with Crippen LogP contribution in [0.2, 0.25) is 0 Å². The maximum Gasteiger partial charge on any atom is 0.114 e. The summed E-state index contributed by atoms with van der Waals surface area (Å²) >= 11 is 0. The van der Waals surface area contributed by atoms with Crippen molar-refractivity contribution < 1.29 is 24.8 Å². The van der Waals surface area contributed by atoms with Crippen LogP contribution < -0.4 is 0 Å². The summed E-state index contributed by atoms with van der Waals surface area (Å²) in [6.07, 6.45) is 13.7. The van der Waals surface area contributed by atoms with Crippen molar-refractivity contribution in [3.05, 3.63) is 12.2 Å². The molecule has 0 aliphatic carbocycles. The first kappa shape index (κ1) is 22.6. The van der Waals surface area contributed by atoms with E-state index in [2.05, 4.69) is 19.1 Å². The molecule has 3 N–H and O–H groups in total. The van der Waals surface area contributed by atoms with Gasteiger partial charge in [0.15, 0.2) is 0 Å². The van der Waals surface area contributed by atoms with Crippen LogP contribution in [0.4, 0.5) is 0 Å². The molecule has 1 aliphatic rings. The SMILES string of the molecule is C/C=C/CCCCCCCCCCCO[C@@H](CO)[C@@H]1OC[C@@H](O)[C@@H]1O. The highest BCUT2D eigenvalue weighted by molar-refractivity contribution is 4.88. The van der Waals surface area contributed by atoms with Crippen molar-refractivity contribution >= 4 is 0 Å². The molecule has 0 aromatic carbocycles. The summed E-state index contributed by atoms with van der Waals surface area (Å²) in [7, 11) is 0. The lowest BCUT2D eigenvalue weighted by molar-refractivity contribution is -0.101. The van der Waals surface area contributed by atoms with Gasteiger partial charge in [0, 0.05) is 6.61 Å². The molecule has 0 spiro atoms. The average molecular weight is 359 g/mol. The maximum atomic E-state index is 9.79. The highest BCUT2D eigenvalue weighted by atomic mass is 16.6. The van der Waals surface area contributed by atoms with Gasteiger partial charge >= 0.3 is 0 Å². The van der Waals surface area contributed by atoms with Crippen LogP contribution in [0, 0.1) is 0 Å². The Morgan fingerprint density at radius 3 is 2.12 bits per heavy atom. The van der Waals surface area contributed by atoms with Crippen molar-refractivity contribution in [1.29, 1.82) is 0 Å². The Morgan fingerprint density at radius 1 is 1.00 bits per heavy atom. The minimum atomic E-state index is -0.977. The van der Waals surface area contributed by atoms with Crippen LogP contribution in [0.25, 0.3) is 0 Å². The summed E-state index contributed by atoms with van der Waals surface area (Å²) in [5, 5.41) is 28.7. The minimum Gasteiger partial charge on any atom is -0.394 e. The Hall–Kier alpha value is -0.460. The van der Waals surface area contributed by atoms with Gasteiger partial charge in [0.25, 0.3) is 0 Å². The van der Waals surface area contributed by atoms with Gasteiger partial charge in [-0.05, 0) is 26.2 Å². The zero-order valence-corrected chi connectivity index (χ0v) is 15.8. The van der Waals surface area contributed by atoms with E-state index in [9.17, 15) is 15.3 Å². The van der Waals surface area contributed by atoms with E-state index in [1.54, 1.807) is 0 Å². The molecule has 4 atom stereocenters. The minimum absolute atomic E-state index is 0.0982. The first-order valence-electron chi connectivity index (χ1n) is 10.0. The molecule has 5 heteroatoms. The van der Waals surface area contributed by atoms with Crippen LogP contribution >= 0.6 is 0 Å². The molecule has 1 heterocycles. The second-order valence-electron chi connectivity index (χ2n) is 6.99. The molecule has 1 aliphatic heterocycles. The number of aliphatic hydroxyl groups is 3. The van der Waals surface area contributed by atoms with Crippen LogP contribution in [0.3, 0.4) is 0 Å². The summed E-state index contributed by atoms with van der Waals surface area (Å²) in [5.74, 6) is 0. The molecular weight excluding hydrogens is 320 g/mol. The van der Waals surface area contributed by atoms with E-state index in [4.69, 9.17) is 9.47 Å². The summed E-state index contributed by atoms with van der Waals surface area (Å²) in [6.45, 7) is 2.52. The molecule has 5 nitrogen and oxygen atoms in total. The van der Waals surface area contributed by atoms with Gasteiger partial charge in [0.1, 0.15) is 24.4 Å². The first-order valence-corrected chi connectivity index (χ1v) is 10.0. The summed E-state index contributed by atoms with van der Waals surface area (Å²) in [6, 6.07) is 0. The lowest BCUT2D eigenvalue weighted by atomic mass is 10.1. The van der Waals surface area contributed by atoms with E-state index in [1.165, 1.54) is 51.4 Å². The van der Waals surface area contributed by atoms with Crippen molar-refractivity contribution in [3.8, 4) is 0 Å². The van der Waals surface area contributed by atoms with Crippen LogP contribution in [0.5, 0.6) is 0 Å². The normalized spacial score (nSPS) is 25.0. The molecule has 0 unspecified atom stereocenters. The number of aliphatic hydroxyl groups excluding tert-OH is 3. The second kappa shape index (κ2) is 14.7. The molecule has 0 aromatic rings. The fourth-order valence-corrected chi connectivity index (χ4v) is 3.21. The molecule has 1 rings (SSSR count). The van der Waals surface area contributed by atoms with Crippen LogP contribution in [-0.4, -0.2) is 59.6 Å². The summed E-state index contributed by atoms with van der Waals surface area (Å²) in [5.41, 5.74) is 0. The smallest absolute Gasteiger partial charge is 0.114 e. The van der Waals surface area contributed by atoms with Gasteiger partial charge in [-0.2, -0.15) is 0 Å². The molecule has 1 fully saturated rings. The summed E-state index contributed by atoms with van der Waals surface area (Å²) in [4.78, 5) is 0. The third-order valence-corrected chi connectivity index (χ3v) is 4.82. The van der Waals surface area contributed by atoms with E-state index in [0.717, 1.165) is 12.8 Å². The monoisotopic (exact) mass is 358 g/mol. The fourth-order valence-electron chi connectivity index (χ4n) is 3.21. The van der Waals surface area contributed by atoms with E-state index in [0.29, 0.717) is 6.61 Å². The molecule has 148 valence electrons. The standard InChI is InChI=1S/C20H38O5/c1-2-3-4-5-6-7-8-9-10-11-12-13-14-24-18(15-21)20-19(23)17(22)16-25-20/h2-3,17-23H,4-16H2,1H3/b3-2+/t17-,18+,19+,20+/m1/s1. The van der Waals surface area contributed by atoms with E-state index in [1.807, 2.05) is 0 Å². The Kier molecular flexibility index (Phi) is 13.3. The number of ether oxygens (including phenoxy) is 2. The van der Waals surface area contributed by atoms with Gasteiger partial charge in [-0.25, -0.2) is 0 Å². The Balaban J connectivity index is 1.91. The van der Waals surface area contributed by atoms with Crippen molar-refractivity contribution in [3.63, 3.8) is 0 Å². The topological polar surface area (TPSA) is 79.2 Å². The number of hydrogen-bond acceptors (Lipinski definition) is 5. The number of unbranched alkanes of at least 4 members (excludes halogenated alkanes) is 9. The number of allylic oxidation sites excluding steroid dienone is 2. The zero-order chi connectivity index (χ0) is 18.3. The van der Waals surface area contributed by atoms with Crippen LogP contribution in [0.1, 0.15) is 71.1 Å². The van der Waals surface area contributed by atoms with Gasteiger partial charge in [-0.15, -0.1) is 0 Å². The van der Waals surface area contributed by atoms with Crippen LogP contribution in [-0.2, 0) is 9.47 Å². The predicted octanol–water partition coefficient (Wildman–Crippen LogP) is 2.96. The molecule has 0 saturated carbocycles. The number of rotatable bonds is 15. The van der Waals surface area contributed by atoms with Crippen LogP contribution in [0.15, 0.2) is 12.2 Å². The molecule has 0 amide bonds. The maximum absolute atomic E-state index is 9.79. The highest BCUT2D eigenvalue weighted by Crippen LogP contribution is 2.20. The second-order valence-corrected chi connectivity index (χ2v) is 6.99. The lowest BCUT2D eigenvalue weighted by Gasteiger charge is -2.24. The van der Waals surface area contributed by atoms with E-state index in [-0.39, 0.29) is 13.2 Å². The van der Waals surface area contributed by atoms with Crippen molar-refractivity contribution in [2.24, 2.45) is 0 Å². The average Bonchev–Trinajstić information content (AvgIpc) is 2.95. The van der Waals surface area contributed by atoms with Gasteiger partial charge < -0.3 is 24.8 Å². The van der Waals surface area contributed by atoms with Gasteiger partial charge in [-0.3, -0.25) is 0 Å². The Morgan fingerprint density at radius 2 is 1.60 bits per heavy atom. The van der Waals surface area contributed by atoms with Gasteiger partial charge in [-0.1, -0.05) is 57.1 Å². The Labute approximate surface area is 153 Å². The third kappa shape index (κ3) is 9.71.